The predicted octanol–water partition coefficient (Wildman–Crippen LogP) is 4.25. The van der Waals surface area contributed by atoms with Crippen LogP contribution >= 0.6 is 0 Å². The highest BCUT2D eigenvalue weighted by Gasteiger charge is 2.22. The molecule has 0 radical (unpaired) electrons. The average molecular weight is 389 g/mol. The van der Waals surface area contributed by atoms with E-state index in [0.717, 1.165) is 44.2 Å². The second-order valence-electron chi connectivity index (χ2n) is 7.77. The van der Waals surface area contributed by atoms with Crippen molar-refractivity contribution in [3.05, 3.63) is 72.6 Å². The fourth-order valence-corrected chi connectivity index (χ4v) is 3.81. The van der Waals surface area contributed by atoms with Crippen molar-refractivity contribution in [2.45, 2.75) is 25.5 Å². The van der Waals surface area contributed by atoms with E-state index in [9.17, 15) is 0 Å². The largest absolute Gasteiger partial charge is 0.490 e. The zero-order chi connectivity index (χ0) is 20.1. The van der Waals surface area contributed by atoms with Crippen LogP contribution in [-0.4, -0.2) is 48.2 Å². The first-order valence-electron chi connectivity index (χ1n) is 10.2. The maximum absolute atomic E-state index is 6.25. The number of hydrogen-bond acceptors (Lipinski definition) is 5. The third-order valence-corrected chi connectivity index (χ3v) is 5.25. The van der Waals surface area contributed by atoms with Crippen LogP contribution in [0.5, 0.6) is 5.75 Å². The molecule has 0 unspecified atom stereocenters. The van der Waals surface area contributed by atoms with Gasteiger partial charge in [-0.1, -0.05) is 36.4 Å². The Kier molecular flexibility index (Phi) is 6.06. The second-order valence-corrected chi connectivity index (χ2v) is 7.77. The smallest absolute Gasteiger partial charge is 0.225 e. The van der Waals surface area contributed by atoms with Gasteiger partial charge in [0.15, 0.2) is 0 Å². The fourth-order valence-electron chi connectivity index (χ4n) is 3.81. The summed E-state index contributed by atoms with van der Waals surface area (Å²) in [4.78, 5) is 13.1. The Morgan fingerprint density at radius 2 is 1.62 bits per heavy atom. The molecule has 0 amide bonds. The molecule has 1 aliphatic heterocycles. The van der Waals surface area contributed by atoms with Gasteiger partial charge in [-0.2, -0.15) is 0 Å². The number of anilines is 1. The van der Waals surface area contributed by atoms with Crippen LogP contribution < -0.4 is 9.64 Å². The summed E-state index contributed by atoms with van der Waals surface area (Å²) in [5.41, 5.74) is 3.84. The van der Waals surface area contributed by atoms with Gasteiger partial charge in [0.25, 0.3) is 0 Å². The zero-order valence-corrected chi connectivity index (χ0v) is 17.2. The first-order chi connectivity index (χ1) is 14.2. The van der Waals surface area contributed by atoms with E-state index in [-0.39, 0.29) is 6.10 Å². The van der Waals surface area contributed by atoms with Crippen LogP contribution in [0.4, 0.5) is 5.95 Å². The molecule has 0 bridgehead atoms. The van der Waals surface area contributed by atoms with Gasteiger partial charge in [-0.3, -0.25) is 0 Å². The molecule has 4 rings (SSSR count). The number of aromatic nitrogens is 2. The number of piperidine rings is 1. The van der Waals surface area contributed by atoms with Crippen LogP contribution in [0.25, 0.3) is 11.1 Å². The minimum absolute atomic E-state index is 0.238. The summed E-state index contributed by atoms with van der Waals surface area (Å²) in [7, 11) is 4.20. The van der Waals surface area contributed by atoms with Gasteiger partial charge in [-0.05, 0) is 49.0 Å². The molecule has 2 aromatic carbocycles. The van der Waals surface area contributed by atoms with Gasteiger partial charge in [0.1, 0.15) is 11.9 Å². The monoisotopic (exact) mass is 388 g/mol. The highest BCUT2D eigenvalue weighted by Crippen LogP contribution is 2.28. The van der Waals surface area contributed by atoms with Crippen molar-refractivity contribution >= 4 is 5.95 Å². The normalized spacial score (nSPS) is 14.9. The predicted molar refractivity (Wildman–Crippen MR) is 117 cm³/mol. The Morgan fingerprint density at radius 1 is 0.931 bits per heavy atom. The van der Waals surface area contributed by atoms with Crippen molar-refractivity contribution in [3.8, 4) is 16.9 Å². The van der Waals surface area contributed by atoms with E-state index in [1.165, 1.54) is 16.7 Å². The van der Waals surface area contributed by atoms with Crippen molar-refractivity contribution in [3.63, 3.8) is 0 Å². The minimum atomic E-state index is 0.238. The van der Waals surface area contributed by atoms with Crippen LogP contribution in [0.15, 0.2) is 67.0 Å². The quantitative estimate of drug-likeness (QED) is 0.631. The molecule has 1 saturated heterocycles. The first-order valence-corrected chi connectivity index (χ1v) is 10.2. The van der Waals surface area contributed by atoms with Gasteiger partial charge in [-0.25, -0.2) is 9.97 Å². The van der Waals surface area contributed by atoms with E-state index in [2.05, 4.69) is 82.4 Å². The molecule has 0 spiro atoms. The molecular formula is C24H28N4O. The van der Waals surface area contributed by atoms with Crippen LogP contribution in [0.1, 0.15) is 18.4 Å². The number of nitrogens with zero attached hydrogens (tertiary/aromatic N) is 4. The summed E-state index contributed by atoms with van der Waals surface area (Å²) in [6.07, 6.45) is 5.78. The molecule has 0 N–H and O–H groups in total. The zero-order valence-electron chi connectivity index (χ0n) is 17.2. The molecular weight excluding hydrogens is 360 g/mol. The lowest BCUT2D eigenvalue weighted by Gasteiger charge is -2.32. The molecule has 2 heterocycles. The maximum Gasteiger partial charge on any atom is 0.225 e. The highest BCUT2D eigenvalue weighted by molar-refractivity contribution is 5.68. The van der Waals surface area contributed by atoms with Gasteiger partial charge in [0.2, 0.25) is 5.95 Å². The Balaban J connectivity index is 1.37. The molecule has 3 aromatic rings. The third kappa shape index (κ3) is 4.93. The summed E-state index contributed by atoms with van der Waals surface area (Å²) in [6.45, 7) is 2.77. The lowest BCUT2D eigenvalue weighted by molar-refractivity contribution is 0.170. The van der Waals surface area contributed by atoms with Gasteiger partial charge >= 0.3 is 0 Å². The van der Waals surface area contributed by atoms with E-state index >= 15 is 0 Å². The summed E-state index contributed by atoms with van der Waals surface area (Å²) in [5.74, 6) is 1.75. The van der Waals surface area contributed by atoms with E-state index in [4.69, 9.17) is 4.74 Å². The van der Waals surface area contributed by atoms with E-state index < -0.39 is 0 Å². The number of benzene rings is 2. The second kappa shape index (κ2) is 9.05. The molecule has 5 heteroatoms. The topological polar surface area (TPSA) is 41.5 Å². The summed E-state index contributed by atoms with van der Waals surface area (Å²) in [5, 5.41) is 0. The molecule has 1 aliphatic rings. The summed E-state index contributed by atoms with van der Waals surface area (Å²) in [6, 6.07) is 19.0. The molecule has 0 atom stereocenters. The Hall–Kier alpha value is -2.92. The summed E-state index contributed by atoms with van der Waals surface area (Å²) < 4.78 is 6.25. The van der Waals surface area contributed by atoms with Gasteiger partial charge in [0.05, 0.1) is 0 Å². The molecule has 29 heavy (non-hydrogen) atoms. The fraction of sp³-hybridized carbons (Fsp3) is 0.333. The van der Waals surface area contributed by atoms with Gasteiger partial charge in [0, 0.05) is 44.9 Å². The molecule has 0 aliphatic carbocycles. The van der Waals surface area contributed by atoms with Gasteiger partial charge < -0.3 is 14.5 Å². The minimum Gasteiger partial charge on any atom is -0.490 e. The van der Waals surface area contributed by atoms with E-state index in [1.807, 2.05) is 6.07 Å². The molecule has 1 fully saturated rings. The van der Waals surface area contributed by atoms with Crippen molar-refractivity contribution < 1.29 is 4.74 Å². The lowest BCUT2D eigenvalue weighted by Crippen LogP contribution is -2.39. The van der Waals surface area contributed by atoms with Crippen LogP contribution in [0, 0.1) is 0 Å². The van der Waals surface area contributed by atoms with Crippen LogP contribution in [-0.2, 0) is 6.54 Å². The van der Waals surface area contributed by atoms with Crippen LogP contribution in [0.2, 0.25) is 0 Å². The van der Waals surface area contributed by atoms with Gasteiger partial charge in [-0.15, -0.1) is 0 Å². The standard InChI is InChI=1S/C24H28N4O/c1-27(2)18-20-6-3-4-7-23(20)19-8-10-21(11-9-19)29-22-12-16-28(17-13-22)24-25-14-5-15-26-24/h3-11,14-15,22H,12-13,16-18H2,1-2H3. The van der Waals surface area contributed by atoms with Crippen molar-refractivity contribution in [2.24, 2.45) is 0 Å². The first kappa shape index (κ1) is 19.4. The Labute approximate surface area is 173 Å². The van der Waals surface area contributed by atoms with Crippen molar-refractivity contribution in [1.82, 2.24) is 14.9 Å². The Bertz CT molecular complexity index is 904. The highest BCUT2D eigenvalue weighted by atomic mass is 16.5. The Morgan fingerprint density at radius 3 is 2.31 bits per heavy atom. The maximum atomic E-state index is 6.25. The number of ether oxygens (including phenoxy) is 1. The lowest BCUT2D eigenvalue weighted by atomic mass is 9.99. The van der Waals surface area contributed by atoms with E-state index in [0.29, 0.717) is 0 Å². The molecule has 1 aromatic heterocycles. The third-order valence-electron chi connectivity index (χ3n) is 5.25. The molecule has 150 valence electrons. The SMILES string of the molecule is CN(C)Cc1ccccc1-c1ccc(OC2CCN(c3ncccn3)CC2)cc1. The number of rotatable bonds is 6. The molecule has 0 saturated carbocycles. The number of hydrogen-bond donors (Lipinski definition) is 0. The van der Waals surface area contributed by atoms with E-state index in [1.54, 1.807) is 12.4 Å². The van der Waals surface area contributed by atoms with Crippen molar-refractivity contribution in [2.75, 3.05) is 32.1 Å². The average Bonchev–Trinajstić information content (AvgIpc) is 2.76. The van der Waals surface area contributed by atoms with Crippen LogP contribution in [0.3, 0.4) is 0 Å². The molecule has 5 nitrogen and oxygen atoms in total. The van der Waals surface area contributed by atoms with Crippen molar-refractivity contribution in [1.29, 1.82) is 0 Å². The summed E-state index contributed by atoms with van der Waals surface area (Å²) >= 11 is 0.